The standard InChI is InChI=1S/C19H27NO4S/c1-2-15-3-5-16(6-4-15)7-8-18(21)20-17-9-11-24-19(13-17)10-12-25(22,23)14-19/h3-6,17H,2,7-14H2,1H3,(H,20,21). The lowest BCUT2D eigenvalue weighted by Crippen LogP contribution is -2.49. The van der Waals surface area contributed by atoms with Crippen molar-refractivity contribution in [3.63, 3.8) is 0 Å². The topological polar surface area (TPSA) is 72.5 Å². The third-order valence-corrected chi connectivity index (χ3v) is 7.07. The number of benzene rings is 1. The zero-order valence-corrected chi connectivity index (χ0v) is 15.6. The molecular weight excluding hydrogens is 338 g/mol. The maximum Gasteiger partial charge on any atom is 0.220 e. The van der Waals surface area contributed by atoms with Crippen molar-refractivity contribution in [1.82, 2.24) is 5.32 Å². The highest BCUT2D eigenvalue weighted by molar-refractivity contribution is 7.91. The van der Waals surface area contributed by atoms with Crippen LogP contribution in [0.3, 0.4) is 0 Å². The Bertz CT molecular complexity index is 713. The van der Waals surface area contributed by atoms with E-state index in [1.165, 1.54) is 5.56 Å². The lowest BCUT2D eigenvalue weighted by Gasteiger charge is -2.37. The molecule has 138 valence electrons. The van der Waals surface area contributed by atoms with E-state index in [1.54, 1.807) is 0 Å². The van der Waals surface area contributed by atoms with E-state index in [9.17, 15) is 13.2 Å². The van der Waals surface area contributed by atoms with Gasteiger partial charge in [0.2, 0.25) is 5.91 Å². The van der Waals surface area contributed by atoms with E-state index in [2.05, 4.69) is 36.5 Å². The second-order valence-electron chi connectivity index (χ2n) is 7.30. The van der Waals surface area contributed by atoms with Gasteiger partial charge in [0, 0.05) is 19.1 Å². The molecule has 0 aliphatic carbocycles. The van der Waals surface area contributed by atoms with Crippen LogP contribution >= 0.6 is 0 Å². The van der Waals surface area contributed by atoms with E-state index in [4.69, 9.17) is 4.74 Å². The van der Waals surface area contributed by atoms with Gasteiger partial charge in [-0.25, -0.2) is 8.42 Å². The van der Waals surface area contributed by atoms with Gasteiger partial charge in [0.25, 0.3) is 0 Å². The minimum Gasteiger partial charge on any atom is -0.374 e. The van der Waals surface area contributed by atoms with E-state index < -0.39 is 15.4 Å². The number of hydrogen-bond acceptors (Lipinski definition) is 4. The van der Waals surface area contributed by atoms with Crippen molar-refractivity contribution in [2.24, 2.45) is 0 Å². The molecular formula is C19H27NO4S. The number of sulfone groups is 1. The Labute approximate surface area is 150 Å². The summed E-state index contributed by atoms with van der Waals surface area (Å²) in [5, 5.41) is 3.08. The lowest BCUT2D eigenvalue weighted by molar-refractivity contribution is -0.124. The van der Waals surface area contributed by atoms with Crippen molar-refractivity contribution in [2.45, 2.75) is 57.1 Å². The first kappa shape index (κ1) is 18.4. The van der Waals surface area contributed by atoms with Gasteiger partial charge < -0.3 is 10.1 Å². The second-order valence-corrected chi connectivity index (χ2v) is 9.48. The molecule has 2 saturated heterocycles. The van der Waals surface area contributed by atoms with E-state index in [1.807, 2.05) is 0 Å². The SMILES string of the molecule is CCc1ccc(CCC(=O)NC2CCOC3(CCS(=O)(=O)C3)C2)cc1. The molecule has 2 fully saturated rings. The maximum absolute atomic E-state index is 12.3. The van der Waals surface area contributed by atoms with E-state index >= 15 is 0 Å². The Hall–Kier alpha value is -1.40. The zero-order chi connectivity index (χ0) is 17.9. The summed E-state index contributed by atoms with van der Waals surface area (Å²) >= 11 is 0. The van der Waals surface area contributed by atoms with Gasteiger partial charge in [-0.3, -0.25) is 4.79 Å². The molecule has 6 heteroatoms. The number of carbonyl (C=O) groups excluding carboxylic acids is 1. The Kier molecular flexibility index (Phi) is 5.49. The fourth-order valence-corrected chi connectivity index (χ4v) is 5.79. The molecule has 0 aromatic heterocycles. The number of amides is 1. The summed E-state index contributed by atoms with van der Waals surface area (Å²) in [6.07, 6.45) is 4.09. The molecule has 2 unspecified atom stereocenters. The largest absolute Gasteiger partial charge is 0.374 e. The van der Waals surface area contributed by atoms with Crippen molar-refractivity contribution in [2.75, 3.05) is 18.1 Å². The molecule has 2 heterocycles. The van der Waals surface area contributed by atoms with Gasteiger partial charge in [-0.15, -0.1) is 0 Å². The molecule has 1 amide bonds. The summed E-state index contributed by atoms with van der Waals surface area (Å²) < 4.78 is 29.3. The molecule has 2 aliphatic heterocycles. The Morgan fingerprint density at radius 1 is 1.28 bits per heavy atom. The average molecular weight is 365 g/mol. The monoisotopic (exact) mass is 365 g/mol. The number of nitrogens with one attached hydrogen (secondary N) is 1. The lowest BCUT2D eigenvalue weighted by atomic mass is 9.90. The van der Waals surface area contributed by atoms with E-state index in [-0.39, 0.29) is 23.5 Å². The van der Waals surface area contributed by atoms with Gasteiger partial charge in [0.15, 0.2) is 9.84 Å². The fourth-order valence-electron chi connectivity index (χ4n) is 3.81. The van der Waals surface area contributed by atoms with Gasteiger partial charge >= 0.3 is 0 Å². The predicted molar refractivity (Wildman–Crippen MR) is 97.3 cm³/mol. The van der Waals surface area contributed by atoms with Crippen LogP contribution in [0, 0.1) is 0 Å². The van der Waals surface area contributed by atoms with Crippen LogP contribution in [0.4, 0.5) is 0 Å². The first-order valence-electron chi connectivity index (χ1n) is 9.11. The summed E-state index contributed by atoms with van der Waals surface area (Å²) in [5.41, 5.74) is 1.88. The molecule has 25 heavy (non-hydrogen) atoms. The van der Waals surface area contributed by atoms with Crippen LogP contribution in [-0.4, -0.2) is 44.1 Å². The molecule has 1 aromatic carbocycles. The minimum atomic E-state index is -3.00. The Morgan fingerprint density at radius 3 is 2.64 bits per heavy atom. The normalized spacial score (nSPS) is 28.1. The van der Waals surface area contributed by atoms with Crippen molar-refractivity contribution < 1.29 is 17.9 Å². The summed E-state index contributed by atoms with van der Waals surface area (Å²) in [7, 11) is -3.00. The number of carbonyl (C=O) groups is 1. The van der Waals surface area contributed by atoms with Crippen molar-refractivity contribution in [3.05, 3.63) is 35.4 Å². The van der Waals surface area contributed by atoms with Gasteiger partial charge in [-0.2, -0.15) is 0 Å². The number of aryl methyl sites for hydroxylation is 2. The van der Waals surface area contributed by atoms with Crippen LogP contribution in [0.2, 0.25) is 0 Å². The Morgan fingerprint density at radius 2 is 2.00 bits per heavy atom. The highest BCUT2D eigenvalue weighted by Crippen LogP contribution is 2.35. The molecule has 1 aromatic rings. The average Bonchev–Trinajstić information content (AvgIpc) is 2.87. The van der Waals surface area contributed by atoms with Crippen molar-refractivity contribution in [1.29, 1.82) is 0 Å². The van der Waals surface area contributed by atoms with Gasteiger partial charge in [0.1, 0.15) is 0 Å². The molecule has 1 spiro atoms. The second kappa shape index (κ2) is 7.46. The first-order valence-corrected chi connectivity index (χ1v) is 10.9. The molecule has 5 nitrogen and oxygen atoms in total. The highest BCUT2D eigenvalue weighted by Gasteiger charge is 2.46. The van der Waals surface area contributed by atoms with Crippen molar-refractivity contribution >= 4 is 15.7 Å². The van der Waals surface area contributed by atoms with Crippen LogP contribution in [0.5, 0.6) is 0 Å². The van der Waals surface area contributed by atoms with E-state index in [0.717, 1.165) is 24.8 Å². The quantitative estimate of drug-likeness (QED) is 0.867. The molecule has 1 N–H and O–H groups in total. The summed E-state index contributed by atoms with van der Waals surface area (Å²) in [6, 6.07) is 8.39. The minimum absolute atomic E-state index is 0.0111. The maximum atomic E-state index is 12.3. The third kappa shape index (κ3) is 4.82. The zero-order valence-electron chi connectivity index (χ0n) is 14.8. The molecule has 0 saturated carbocycles. The fraction of sp³-hybridized carbons (Fsp3) is 0.632. The molecule has 3 rings (SSSR count). The number of rotatable bonds is 5. The smallest absolute Gasteiger partial charge is 0.220 e. The summed E-state index contributed by atoms with van der Waals surface area (Å²) in [5.74, 6) is 0.319. The van der Waals surface area contributed by atoms with Gasteiger partial charge in [-0.1, -0.05) is 31.2 Å². The molecule has 0 bridgehead atoms. The predicted octanol–water partition coefficient (Wildman–Crippen LogP) is 2.03. The van der Waals surface area contributed by atoms with E-state index in [0.29, 0.717) is 25.9 Å². The number of hydrogen-bond donors (Lipinski definition) is 1. The van der Waals surface area contributed by atoms with Gasteiger partial charge in [-0.05, 0) is 43.2 Å². The third-order valence-electron chi connectivity index (χ3n) is 5.28. The number of ether oxygens (including phenoxy) is 1. The van der Waals surface area contributed by atoms with Crippen LogP contribution in [-0.2, 0) is 32.2 Å². The summed E-state index contributed by atoms with van der Waals surface area (Å²) in [6.45, 7) is 2.64. The van der Waals surface area contributed by atoms with Crippen LogP contribution in [0.1, 0.15) is 43.7 Å². The van der Waals surface area contributed by atoms with Crippen LogP contribution in [0.25, 0.3) is 0 Å². The highest BCUT2D eigenvalue weighted by atomic mass is 32.2. The summed E-state index contributed by atoms with van der Waals surface area (Å²) in [4.78, 5) is 12.3. The van der Waals surface area contributed by atoms with Crippen molar-refractivity contribution in [3.8, 4) is 0 Å². The first-order chi connectivity index (χ1) is 11.9. The van der Waals surface area contributed by atoms with Crippen LogP contribution in [0.15, 0.2) is 24.3 Å². The van der Waals surface area contributed by atoms with Crippen LogP contribution < -0.4 is 5.32 Å². The Balaban J connectivity index is 1.49. The molecule has 0 radical (unpaired) electrons. The molecule has 2 atom stereocenters. The van der Waals surface area contributed by atoms with Gasteiger partial charge in [0.05, 0.1) is 17.1 Å². The molecule has 2 aliphatic rings.